The highest BCUT2D eigenvalue weighted by Gasteiger charge is 2.11. The average molecular weight is 250 g/mol. The first-order valence-corrected chi connectivity index (χ1v) is 5.68. The minimum Gasteiger partial charge on any atom is -0.313 e. The summed E-state index contributed by atoms with van der Waals surface area (Å²) >= 11 is 1.38. The van der Waals surface area contributed by atoms with E-state index in [1.807, 2.05) is 13.8 Å². The number of carbonyl (C=O) groups excluding carboxylic acids is 1. The van der Waals surface area contributed by atoms with Crippen LogP contribution in [0.5, 0.6) is 0 Å². The Balaban J connectivity index is 2.20. The van der Waals surface area contributed by atoms with E-state index in [1.54, 1.807) is 0 Å². The minimum absolute atomic E-state index is 0.0688. The Morgan fingerprint density at radius 2 is 2.24 bits per heavy atom. The van der Waals surface area contributed by atoms with Crippen molar-refractivity contribution in [2.24, 2.45) is 0 Å². The zero-order valence-electron chi connectivity index (χ0n) is 9.27. The molecule has 17 heavy (non-hydrogen) atoms. The number of carbonyl (C=O) groups is 1. The quantitative estimate of drug-likeness (QED) is 0.835. The maximum absolute atomic E-state index is 11.7. The van der Waals surface area contributed by atoms with Gasteiger partial charge in [-0.2, -0.15) is 0 Å². The second kappa shape index (κ2) is 4.46. The normalized spacial score (nSPS) is 10.2. The molecule has 0 saturated heterocycles. The molecule has 0 atom stereocenters. The highest BCUT2D eigenvalue weighted by atomic mass is 32.1. The second-order valence-electron chi connectivity index (χ2n) is 3.41. The van der Waals surface area contributed by atoms with Crippen molar-refractivity contribution in [1.29, 1.82) is 0 Å². The number of aromatic nitrogens is 3. The first-order chi connectivity index (χ1) is 8.06. The maximum atomic E-state index is 11.7. The van der Waals surface area contributed by atoms with Crippen LogP contribution in [0.1, 0.15) is 21.1 Å². The van der Waals surface area contributed by atoms with E-state index in [0.717, 1.165) is 16.6 Å². The highest BCUT2D eigenvalue weighted by molar-refractivity contribution is 7.15. The maximum Gasteiger partial charge on any atom is 0.276 e. The number of hydrogen-bond donors (Lipinski definition) is 2. The first kappa shape index (κ1) is 11.5. The summed E-state index contributed by atoms with van der Waals surface area (Å²) in [7, 11) is 0. The molecule has 0 saturated carbocycles. The molecule has 88 valence electrons. The fourth-order valence-corrected chi connectivity index (χ4v) is 1.99. The third-order valence-electron chi connectivity index (χ3n) is 2.16. The fourth-order valence-electron chi connectivity index (χ4n) is 1.18. The van der Waals surface area contributed by atoms with Crippen molar-refractivity contribution in [1.82, 2.24) is 15.0 Å². The van der Waals surface area contributed by atoms with E-state index >= 15 is 0 Å². The molecule has 0 aliphatic heterocycles. The van der Waals surface area contributed by atoms with Gasteiger partial charge in [0.2, 0.25) is 0 Å². The van der Waals surface area contributed by atoms with Gasteiger partial charge in [-0.15, -0.1) is 11.3 Å². The topological polar surface area (TPSA) is 87.7 Å². The van der Waals surface area contributed by atoms with Crippen molar-refractivity contribution in [2.75, 3.05) is 5.32 Å². The lowest BCUT2D eigenvalue weighted by Gasteiger charge is -1.99. The second-order valence-corrected chi connectivity index (χ2v) is 4.61. The van der Waals surface area contributed by atoms with Gasteiger partial charge in [0.25, 0.3) is 11.5 Å². The van der Waals surface area contributed by atoms with Gasteiger partial charge in [0.05, 0.1) is 12.0 Å². The summed E-state index contributed by atoms with van der Waals surface area (Å²) in [5.41, 5.74) is 0.583. The lowest BCUT2D eigenvalue weighted by molar-refractivity contribution is 0.102. The summed E-state index contributed by atoms with van der Waals surface area (Å²) in [6, 6.07) is 1.14. The Bertz CT molecular complexity index is 597. The van der Waals surface area contributed by atoms with E-state index in [2.05, 4.69) is 20.3 Å². The molecule has 2 heterocycles. The van der Waals surface area contributed by atoms with Crippen LogP contribution in [-0.2, 0) is 0 Å². The number of rotatable bonds is 2. The molecule has 0 aliphatic carbocycles. The molecule has 7 heteroatoms. The number of thiazole rings is 1. The van der Waals surface area contributed by atoms with Crippen LogP contribution in [0, 0.1) is 13.8 Å². The fraction of sp³-hybridized carbons (Fsp3) is 0.200. The molecule has 0 unspecified atom stereocenters. The molecule has 2 rings (SSSR count). The van der Waals surface area contributed by atoms with Crippen LogP contribution in [0.2, 0.25) is 0 Å². The molecule has 2 N–H and O–H groups in total. The van der Waals surface area contributed by atoms with Gasteiger partial charge < -0.3 is 4.98 Å². The summed E-state index contributed by atoms with van der Waals surface area (Å²) in [6.45, 7) is 3.79. The lowest BCUT2D eigenvalue weighted by atomic mass is 10.4. The van der Waals surface area contributed by atoms with Crippen LogP contribution in [0.3, 0.4) is 0 Å². The third-order valence-corrected chi connectivity index (χ3v) is 3.15. The van der Waals surface area contributed by atoms with E-state index < -0.39 is 5.91 Å². The third kappa shape index (κ3) is 2.56. The van der Waals surface area contributed by atoms with Crippen molar-refractivity contribution in [3.63, 3.8) is 0 Å². The monoisotopic (exact) mass is 250 g/mol. The largest absolute Gasteiger partial charge is 0.313 e. The van der Waals surface area contributed by atoms with Crippen molar-refractivity contribution in [3.05, 3.63) is 39.0 Å². The average Bonchev–Trinajstić information content (AvgIpc) is 2.58. The van der Waals surface area contributed by atoms with Crippen LogP contribution in [0.15, 0.2) is 17.2 Å². The SMILES string of the molecule is Cc1nc(NC(=O)c2cc(=O)[nH]cn2)sc1C. The van der Waals surface area contributed by atoms with Crippen LogP contribution < -0.4 is 10.9 Å². The predicted molar refractivity (Wildman–Crippen MR) is 64.4 cm³/mol. The molecule has 6 nitrogen and oxygen atoms in total. The van der Waals surface area contributed by atoms with Crippen molar-refractivity contribution >= 4 is 22.4 Å². The number of aryl methyl sites for hydroxylation is 2. The lowest BCUT2D eigenvalue weighted by Crippen LogP contribution is -2.17. The van der Waals surface area contributed by atoms with Crippen molar-refractivity contribution in [2.45, 2.75) is 13.8 Å². The van der Waals surface area contributed by atoms with Crippen LogP contribution in [0.4, 0.5) is 5.13 Å². The van der Waals surface area contributed by atoms with Gasteiger partial charge in [0.1, 0.15) is 5.69 Å². The van der Waals surface area contributed by atoms with Gasteiger partial charge in [0.15, 0.2) is 5.13 Å². The van der Waals surface area contributed by atoms with Gasteiger partial charge in [-0.25, -0.2) is 9.97 Å². The molecule has 0 radical (unpaired) electrons. The number of nitrogens with zero attached hydrogens (tertiary/aromatic N) is 2. The smallest absolute Gasteiger partial charge is 0.276 e. The standard InChI is InChI=1S/C10H10N4O2S/c1-5-6(2)17-10(13-5)14-9(16)7-3-8(15)12-4-11-7/h3-4H,1-2H3,(H,11,12,15)(H,13,14,16). The number of H-pyrrole nitrogens is 1. The Morgan fingerprint density at radius 1 is 1.47 bits per heavy atom. The summed E-state index contributed by atoms with van der Waals surface area (Å²) in [5, 5.41) is 3.11. The number of amides is 1. The van der Waals surface area contributed by atoms with Crippen LogP contribution in [0.25, 0.3) is 0 Å². The van der Waals surface area contributed by atoms with Gasteiger partial charge >= 0.3 is 0 Å². The van der Waals surface area contributed by atoms with Gasteiger partial charge in [-0.3, -0.25) is 14.9 Å². The highest BCUT2D eigenvalue weighted by Crippen LogP contribution is 2.21. The molecular weight excluding hydrogens is 240 g/mol. The Hall–Kier alpha value is -2.02. The molecule has 0 spiro atoms. The van der Waals surface area contributed by atoms with E-state index in [9.17, 15) is 9.59 Å². The summed E-state index contributed by atoms with van der Waals surface area (Å²) in [6.07, 6.45) is 1.19. The summed E-state index contributed by atoms with van der Waals surface area (Å²) in [4.78, 5) is 34.1. The first-order valence-electron chi connectivity index (χ1n) is 4.86. The van der Waals surface area contributed by atoms with Gasteiger partial charge in [-0.05, 0) is 13.8 Å². The van der Waals surface area contributed by atoms with E-state index in [4.69, 9.17) is 0 Å². The van der Waals surface area contributed by atoms with Crippen molar-refractivity contribution < 1.29 is 4.79 Å². The van der Waals surface area contributed by atoms with E-state index in [0.29, 0.717) is 5.13 Å². The predicted octanol–water partition coefficient (Wildman–Crippen LogP) is 1.10. The molecule has 0 fully saturated rings. The van der Waals surface area contributed by atoms with Crippen LogP contribution in [-0.4, -0.2) is 20.9 Å². The minimum atomic E-state index is -0.440. The zero-order valence-corrected chi connectivity index (χ0v) is 10.1. The number of hydrogen-bond acceptors (Lipinski definition) is 5. The van der Waals surface area contributed by atoms with Crippen LogP contribution >= 0.6 is 11.3 Å². The summed E-state index contributed by atoms with van der Waals surface area (Å²) in [5.74, 6) is -0.440. The molecule has 1 amide bonds. The van der Waals surface area contributed by atoms with E-state index in [-0.39, 0.29) is 11.3 Å². The Labute approximate surface area is 101 Å². The number of aromatic amines is 1. The molecular formula is C10H10N4O2S. The van der Waals surface area contributed by atoms with Gasteiger partial charge in [-0.1, -0.05) is 0 Å². The van der Waals surface area contributed by atoms with Gasteiger partial charge in [0, 0.05) is 10.9 Å². The van der Waals surface area contributed by atoms with E-state index in [1.165, 1.54) is 17.7 Å². The molecule has 2 aromatic rings. The number of anilines is 1. The Morgan fingerprint density at radius 3 is 2.82 bits per heavy atom. The van der Waals surface area contributed by atoms with Crippen molar-refractivity contribution in [3.8, 4) is 0 Å². The molecule has 0 aromatic carbocycles. The molecule has 2 aromatic heterocycles. The number of nitrogens with one attached hydrogen (secondary N) is 2. The molecule has 0 bridgehead atoms. The zero-order chi connectivity index (χ0) is 12.4. The summed E-state index contributed by atoms with van der Waals surface area (Å²) < 4.78 is 0. The molecule has 0 aliphatic rings. The Kier molecular flexibility index (Phi) is 3.01.